The van der Waals surface area contributed by atoms with Crippen molar-refractivity contribution in [2.45, 2.75) is 37.1 Å². The van der Waals surface area contributed by atoms with Gasteiger partial charge in [0.15, 0.2) is 0 Å². The predicted octanol–water partition coefficient (Wildman–Crippen LogP) is 2.93. The van der Waals surface area contributed by atoms with Gasteiger partial charge in [-0.2, -0.15) is 0 Å². The fourth-order valence-electron chi connectivity index (χ4n) is 3.48. The molecule has 0 aliphatic heterocycles. The fraction of sp³-hybridized carbons (Fsp3) is 0.438. The molecule has 1 fully saturated rings. The van der Waals surface area contributed by atoms with E-state index in [0.29, 0.717) is 0 Å². The van der Waals surface area contributed by atoms with Crippen LogP contribution in [0.2, 0.25) is 0 Å². The minimum atomic E-state index is -0.0302. The SMILES string of the molecule is Cn1ccnc1C(N)C1(c2ccccc2)CCCC1. The van der Waals surface area contributed by atoms with Gasteiger partial charge in [-0.3, -0.25) is 0 Å². The van der Waals surface area contributed by atoms with Gasteiger partial charge >= 0.3 is 0 Å². The largest absolute Gasteiger partial charge is 0.337 e. The molecule has 3 nitrogen and oxygen atoms in total. The summed E-state index contributed by atoms with van der Waals surface area (Å²) in [7, 11) is 2.02. The van der Waals surface area contributed by atoms with Crippen molar-refractivity contribution < 1.29 is 0 Å². The van der Waals surface area contributed by atoms with Gasteiger partial charge in [-0.25, -0.2) is 4.98 Å². The minimum absolute atomic E-state index is 0.0302. The van der Waals surface area contributed by atoms with Crippen LogP contribution >= 0.6 is 0 Å². The first-order valence-corrected chi connectivity index (χ1v) is 7.02. The van der Waals surface area contributed by atoms with Crippen molar-refractivity contribution in [1.29, 1.82) is 0 Å². The number of aromatic nitrogens is 2. The molecule has 1 aliphatic carbocycles. The summed E-state index contributed by atoms with van der Waals surface area (Å²) in [5, 5.41) is 0. The van der Waals surface area contributed by atoms with Crippen LogP contribution < -0.4 is 5.73 Å². The van der Waals surface area contributed by atoms with Crippen LogP contribution in [0.15, 0.2) is 42.7 Å². The molecule has 1 aliphatic rings. The highest BCUT2D eigenvalue weighted by Gasteiger charge is 2.43. The monoisotopic (exact) mass is 255 g/mol. The first-order chi connectivity index (χ1) is 9.24. The second-order valence-corrected chi connectivity index (χ2v) is 5.60. The van der Waals surface area contributed by atoms with E-state index >= 15 is 0 Å². The van der Waals surface area contributed by atoms with Crippen LogP contribution in [0.1, 0.15) is 43.1 Å². The molecule has 100 valence electrons. The molecule has 1 aromatic heterocycles. The summed E-state index contributed by atoms with van der Waals surface area (Å²) in [4.78, 5) is 4.47. The van der Waals surface area contributed by atoms with Gasteiger partial charge in [0.2, 0.25) is 0 Å². The quantitative estimate of drug-likeness (QED) is 0.916. The molecular formula is C16H21N3. The molecule has 2 aromatic rings. The van der Waals surface area contributed by atoms with Gasteiger partial charge in [-0.1, -0.05) is 43.2 Å². The third kappa shape index (κ3) is 1.98. The molecule has 0 spiro atoms. The number of imidazole rings is 1. The molecule has 1 unspecified atom stereocenters. The molecular weight excluding hydrogens is 234 g/mol. The second kappa shape index (κ2) is 4.82. The summed E-state index contributed by atoms with van der Waals surface area (Å²) < 4.78 is 2.05. The normalized spacial score (nSPS) is 19.5. The highest BCUT2D eigenvalue weighted by atomic mass is 15.1. The summed E-state index contributed by atoms with van der Waals surface area (Å²) in [6, 6.07) is 10.7. The van der Waals surface area contributed by atoms with Crippen LogP contribution in [0, 0.1) is 0 Å². The third-order valence-corrected chi connectivity index (χ3v) is 4.58. The summed E-state index contributed by atoms with van der Waals surface area (Å²) in [6.45, 7) is 0. The maximum absolute atomic E-state index is 6.63. The predicted molar refractivity (Wildman–Crippen MR) is 76.7 cm³/mol. The molecule has 3 rings (SSSR count). The number of benzene rings is 1. The molecule has 0 saturated heterocycles. The lowest BCUT2D eigenvalue weighted by molar-refractivity contribution is 0.339. The number of hydrogen-bond acceptors (Lipinski definition) is 2. The standard InChI is InChI=1S/C16H21N3/c1-19-12-11-18-15(19)14(17)16(9-5-6-10-16)13-7-3-2-4-8-13/h2-4,7-8,11-12,14H,5-6,9-10,17H2,1H3. The van der Waals surface area contributed by atoms with Crippen molar-refractivity contribution in [2.24, 2.45) is 12.8 Å². The van der Waals surface area contributed by atoms with Gasteiger partial charge in [-0.05, 0) is 18.4 Å². The lowest BCUT2D eigenvalue weighted by Crippen LogP contribution is -2.37. The first-order valence-electron chi connectivity index (χ1n) is 7.02. The topological polar surface area (TPSA) is 43.8 Å². The maximum atomic E-state index is 6.63. The average molecular weight is 255 g/mol. The van der Waals surface area contributed by atoms with Crippen molar-refractivity contribution >= 4 is 0 Å². The Morgan fingerprint density at radius 2 is 1.89 bits per heavy atom. The van der Waals surface area contributed by atoms with Gasteiger partial charge in [0.25, 0.3) is 0 Å². The van der Waals surface area contributed by atoms with Crippen LogP contribution in [-0.2, 0) is 12.5 Å². The second-order valence-electron chi connectivity index (χ2n) is 5.60. The van der Waals surface area contributed by atoms with E-state index in [2.05, 4.69) is 35.3 Å². The van der Waals surface area contributed by atoms with E-state index in [1.807, 2.05) is 24.0 Å². The zero-order chi connectivity index (χ0) is 13.3. The van der Waals surface area contributed by atoms with Crippen LogP contribution in [-0.4, -0.2) is 9.55 Å². The van der Waals surface area contributed by atoms with E-state index in [9.17, 15) is 0 Å². The Balaban J connectivity index is 2.04. The third-order valence-electron chi connectivity index (χ3n) is 4.58. The van der Waals surface area contributed by atoms with E-state index in [1.165, 1.54) is 18.4 Å². The fourth-order valence-corrected chi connectivity index (χ4v) is 3.48. The van der Waals surface area contributed by atoms with E-state index in [0.717, 1.165) is 18.7 Å². The Hall–Kier alpha value is -1.61. The van der Waals surface area contributed by atoms with Crippen LogP contribution in [0.25, 0.3) is 0 Å². The van der Waals surface area contributed by atoms with Crippen LogP contribution in [0.5, 0.6) is 0 Å². The Morgan fingerprint density at radius 1 is 1.21 bits per heavy atom. The molecule has 1 atom stereocenters. The highest BCUT2D eigenvalue weighted by molar-refractivity contribution is 5.31. The smallest absolute Gasteiger partial charge is 0.126 e. The molecule has 19 heavy (non-hydrogen) atoms. The minimum Gasteiger partial charge on any atom is -0.337 e. The lowest BCUT2D eigenvalue weighted by atomic mass is 9.72. The first kappa shape index (κ1) is 12.4. The Labute approximate surface area is 114 Å². The summed E-state index contributed by atoms with van der Waals surface area (Å²) in [6.07, 6.45) is 8.64. The van der Waals surface area contributed by atoms with E-state index < -0.39 is 0 Å². The molecule has 1 heterocycles. The molecule has 3 heteroatoms. The van der Waals surface area contributed by atoms with Crippen LogP contribution in [0.3, 0.4) is 0 Å². The van der Waals surface area contributed by atoms with Crippen LogP contribution in [0.4, 0.5) is 0 Å². The van der Waals surface area contributed by atoms with E-state index in [-0.39, 0.29) is 11.5 Å². The summed E-state index contributed by atoms with van der Waals surface area (Å²) in [5.74, 6) is 0.991. The lowest BCUT2D eigenvalue weighted by Gasteiger charge is -2.35. The molecule has 1 aromatic carbocycles. The van der Waals surface area contributed by atoms with Crippen molar-refractivity contribution in [3.05, 3.63) is 54.1 Å². The van der Waals surface area contributed by atoms with Crippen molar-refractivity contribution in [3.8, 4) is 0 Å². The van der Waals surface area contributed by atoms with Gasteiger partial charge in [0.05, 0.1) is 6.04 Å². The van der Waals surface area contributed by atoms with Gasteiger partial charge < -0.3 is 10.3 Å². The number of nitrogens with two attached hydrogens (primary N) is 1. The summed E-state index contributed by atoms with van der Waals surface area (Å²) in [5.41, 5.74) is 8.05. The zero-order valence-corrected chi connectivity index (χ0v) is 11.4. The maximum Gasteiger partial charge on any atom is 0.126 e. The Morgan fingerprint density at radius 3 is 2.47 bits per heavy atom. The van der Waals surface area contributed by atoms with Gasteiger partial charge in [0, 0.05) is 24.9 Å². The number of aryl methyl sites for hydroxylation is 1. The van der Waals surface area contributed by atoms with Crippen molar-refractivity contribution in [3.63, 3.8) is 0 Å². The zero-order valence-electron chi connectivity index (χ0n) is 11.4. The number of nitrogens with zero attached hydrogens (tertiary/aromatic N) is 2. The molecule has 0 amide bonds. The Kier molecular flexibility index (Phi) is 3.15. The molecule has 0 radical (unpaired) electrons. The summed E-state index contributed by atoms with van der Waals surface area (Å²) >= 11 is 0. The Bertz CT molecular complexity index is 538. The van der Waals surface area contributed by atoms with Crippen molar-refractivity contribution in [1.82, 2.24) is 9.55 Å². The molecule has 2 N–H and O–H groups in total. The average Bonchev–Trinajstić information content (AvgIpc) is 3.08. The molecule has 0 bridgehead atoms. The highest BCUT2D eigenvalue weighted by Crippen LogP contribution is 2.48. The van der Waals surface area contributed by atoms with Gasteiger partial charge in [0.1, 0.15) is 5.82 Å². The van der Waals surface area contributed by atoms with Crippen molar-refractivity contribution in [2.75, 3.05) is 0 Å². The van der Waals surface area contributed by atoms with E-state index in [1.54, 1.807) is 0 Å². The number of rotatable bonds is 3. The van der Waals surface area contributed by atoms with E-state index in [4.69, 9.17) is 5.73 Å². The van der Waals surface area contributed by atoms with Gasteiger partial charge in [-0.15, -0.1) is 0 Å². The molecule has 1 saturated carbocycles. The number of hydrogen-bond donors (Lipinski definition) is 1.